The van der Waals surface area contributed by atoms with Gasteiger partial charge in [0.05, 0.1) is 11.6 Å². The van der Waals surface area contributed by atoms with Gasteiger partial charge in [-0.3, -0.25) is 0 Å². The molecular formula is C22H30NO4-. The van der Waals surface area contributed by atoms with Crippen LogP contribution in [0.4, 0.5) is 0 Å². The van der Waals surface area contributed by atoms with Gasteiger partial charge >= 0.3 is 0 Å². The van der Waals surface area contributed by atoms with Crippen LogP contribution < -0.4 is 5.11 Å². The summed E-state index contributed by atoms with van der Waals surface area (Å²) in [6.07, 6.45) is 12.7. The Morgan fingerprint density at radius 2 is 2.00 bits per heavy atom. The van der Waals surface area contributed by atoms with Crippen molar-refractivity contribution in [3.05, 3.63) is 23.8 Å². The second kappa shape index (κ2) is 6.20. The van der Waals surface area contributed by atoms with Crippen molar-refractivity contribution in [2.45, 2.75) is 64.9 Å². The van der Waals surface area contributed by atoms with E-state index < -0.39 is 18.2 Å². The lowest BCUT2D eigenvalue weighted by molar-refractivity contribution is -0.309. The lowest BCUT2D eigenvalue weighted by atomic mass is 9.47. The zero-order valence-corrected chi connectivity index (χ0v) is 16.5. The molecule has 0 aromatic rings. The largest absolute Gasteiger partial charge is 0.546 e. The summed E-state index contributed by atoms with van der Waals surface area (Å²) in [6.45, 7) is 6.16. The molecule has 0 radical (unpaired) electrons. The van der Waals surface area contributed by atoms with E-state index in [1.54, 1.807) is 0 Å². The highest BCUT2D eigenvalue weighted by molar-refractivity contribution is 6.05. The van der Waals surface area contributed by atoms with Crippen LogP contribution in [0.2, 0.25) is 0 Å². The quantitative estimate of drug-likeness (QED) is 0.772. The number of aliphatic hydroxyl groups is 1. The Bertz CT molecular complexity index is 737. The van der Waals surface area contributed by atoms with Gasteiger partial charge in [-0.25, -0.2) is 0 Å². The summed E-state index contributed by atoms with van der Waals surface area (Å²) in [5.41, 5.74) is 1.56. The van der Waals surface area contributed by atoms with Crippen LogP contribution in [-0.4, -0.2) is 29.0 Å². The Labute approximate surface area is 161 Å². The molecule has 0 aromatic carbocycles. The average molecular weight is 372 g/mol. The molecule has 4 aliphatic carbocycles. The number of carboxylic acid groups (broad SMARTS) is 1. The van der Waals surface area contributed by atoms with Crippen molar-refractivity contribution in [2.24, 2.45) is 33.7 Å². The van der Waals surface area contributed by atoms with Crippen LogP contribution in [0.3, 0.4) is 0 Å². The van der Waals surface area contributed by atoms with Crippen LogP contribution in [0.1, 0.15) is 59.3 Å². The maximum atomic E-state index is 11.0. The maximum absolute atomic E-state index is 11.0. The Balaban J connectivity index is 1.57. The molecule has 0 bridgehead atoms. The smallest absolute Gasteiger partial charge is 0.156 e. The Kier molecular flexibility index (Phi) is 4.30. The van der Waals surface area contributed by atoms with Gasteiger partial charge in [-0.05, 0) is 80.8 Å². The molecule has 4 rings (SSSR count). The molecule has 6 atom stereocenters. The number of hydrogen-bond donors (Lipinski definition) is 1. The zero-order chi connectivity index (χ0) is 19.4. The molecule has 1 N–H and O–H groups in total. The number of oxime groups is 1. The number of rotatable bonds is 3. The first-order valence-electron chi connectivity index (χ1n) is 10.2. The number of aliphatic carboxylic acids is 1. The fraction of sp³-hybridized carbons (Fsp3) is 0.727. The van der Waals surface area contributed by atoms with E-state index in [-0.39, 0.29) is 10.8 Å². The van der Waals surface area contributed by atoms with E-state index in [0.717, 1.165) is 38.5 Å². The number of allylic oxidation sites excluding steroid dienone is 4. The molecule has 27 heavy (non-hydrogen) atoms. The highest BCUT2D eigenvalue weighted by Gasteiger charge is 2.61. The highest BCUT2D eigenvalue weighted by atomic mass is 16.6. The van der Waals surface area contributed by atoms with Crippen molar-refractivity contribution in [3.63, 3.8) is 0 Å². The van der Waals surface area contributed by atoms with Gasteiger partial charge in [0, 0.05) is 5.41 Å². The van der Waals surface area contributed by atoms with Crippen LogP contribution in [0, 0.1) is 28.6 Å². The second-order valence-electron chi connectivity index (χ2n) is 9.63. The van der Waals surface area contributed by atoms with Crippen LogP contribution in [0.5, 0.6) is 0 Å². The lowest BCUT2D eigenvalue weighted by Gasteiger charge is -2.58. The van der Waals surface area contributed by atoms with E-state index in [4.69, 9.17) is 4.84 Å². The Hall–Kier alpha value is -1.62. The highest BCUT2D eigenvalue weighted by Crippen LogP contribution is 2.66. The summed E-state index contributed by atoms with van der Waals surface area (Å²) >= 11 is 0. The first-order valence-corrected chi connectivity index (χ1v) is 10.2. The van der Waals surface area contributed by atoms with Gasteiger partial charge in [0.25, 0.3) is 0 Å². The number of nitrogens with zero attached hydrogens (tertiary/aromatic N) is 1. The average Bonchev–Trinajstić information content (AvgIpc) is 2.84. The fourth-order valence-electron chi connectivity index (χ4n) is 6.67. The molecule has 0 unspecified atom stereocenters. The fourth-order valence-corrected chi connectivity index (χ4v) is 6.67. The normalized spacial score (nSPS) is 47.0. The summed E-state index contributed by atoms with van der Waals surface area (Å²) in [7, 11) is 0. The third kappa shape index (κ3) is 2.77. The minimum atomic E-state index is -1.27. The van der Waals surface area contributed by atoms with E-state index in [2.05, 4.69) is 31.2 Å². The van der Waals surface area contributed by atoms with E-state index in [0.29, 0.717) is 23.5 Å². The monoisotopic (exact) mass is 372 g/mol. The third-order valence-electron chi connectivity index (χ3n) is 8.48. The summed E-state index contributed by atoms with van der Waals surface area (Å²) in [4.78, 5) is 15.3. The third-order valence-corrected chi connectivity index (χ3v) is 8.48. The van der Waals surface area contributed by atoms with Crippen molar-refractivity contribution >= 4 is 11.7 Å². The molecule has 3 saturated carbocycles. The van der Waals surface area contributed by atoms with Gasteiger partial charge < -0.3 is 19.8 Å². The summed E-state index contributed by atoms with van der Waals surface area (Å²) in [5.74, 6) is 0.568. The molecule has 5 nitrogen and oxygen atoms in total. The van der Waals surface area contributed by atoms with Crippen LogP contribution in [0.15, 0.2) is 29.0 Å². The van der Waals surface area contributed by atoms with Gasteiger partial charge in [0.2, 0.25) is 0 Å². The van der Waals surface area contributed by atoms with Crippen molar-refractivity contribution in [1.82, 2.24) is 0 Å². The van der Waals surface area contributed by atoms with Crippen molar-refractivity contribution in [1.29, 1.82) is 0 Å². The van der Waals surface area contributed by atoms with E-state index in [9.17, 15) is 15.0 Å². The van der Waals surface area contributed by atoms with Crippen molar-refractivity contribution in [2.75, 3.05) is 6.61 Å². The number of hydrogen-bond acceptors (Lipinski definition) is 5. The molecule has 3 fully saturated rings. The molecule has 5 heteroatoms. The van der Waals surface area contributed by atoms with Gasteiger partial charge in [0.15, 0.2) is 6.61 Å². The molecule has 0 saturated heterocycles. The topological polar surface area (TPSA) is 82.0 Å². The second-order valence-corrected chi connectivity index (χ2v) is 9.63. The van der Waals surface area contributed by atoms with Crippen LogP contribution in [0.25, 0.3) is 0 Å². The van der Waals surface area contributed by atoms with Crippen LogP contribution >= 0.6 is 0 Å². The first-order chi connectivity index (χ1) is 12.7. The van der Waals surface area contributed by atoms with E-state index in [1.807, 2.05) is 13.0 Å². The minimum absolute atomic E-state index is 0.0199. The summed E-state index contributed by atoms with van der Waals surface area (Å²) in [6, 6.07) is 0. The minimum Gasteiger partial charge on any atom is -0.546 e. The molecule has 0 aliphatic heterocycles. The van der Waals surface area contributed by atoms with E-state index in [1.165, 1.54) is 5.57 Å². The molecule has 4 aliphatic rings. The SMILES string of the molecule is C[C@]12C=C/C(=N/OCC(=O)[O-])C=C1CC[C@@H]1[C@@H]2CC[C@@]2(C)[C@H]1CC[C@]2(C)O. The van der Waals surface area contributed by atoms with Gasteiger partial charge in [0.1, 0.15) is 5.71 Å². The molecule has 0 heterocycles. The molecular weight excluding hydrogens is 342 g/mol. The number of carbonyl (C=O) groups is 1. The predicted octanol–water partition coefficient (Wildman–Crippen LogP) is 2.60. The number of fused-ring (bicyclic) bond motifs is 5. The van der Waals surface area contributed by atoms with E-state index >= 15 is 0 Å². The summed E-state index contributed by atoms with van der Waals surface area (Å²) in [5, 5.41) is 25.4. The predicted molar refractivity (Wildman–Crippen MR) is 101 cm³/mol. The van der Waals surface area contributed by atoms with Gasteiger partial charge in [-0.2, -0.15) is 0 Å². The zero-order valence-electron chi connectivity index (χ0n) is 16.5. The van der Waals surface area contributed by atoms with Gasteiger partial charge in [-0.15, -0.1) is 0 Å². The standard InChI is InChI=1S/C22H31NO4/c1-20-9-6-15(23-27-13-19(24)25)12-14(20)4-5-16-17(20)7-10-21(2)18(16)8-11-22(21,3)26/h6,9,12,16-18,26H,4-5,7-8,10-11,13H2,1-3H3,(H,24,25)/p-1/b23-15-/t16-,17+,18+,20+,21+,22+/m1/s1. The Morgan fingerprint density at radius 1 is 1.26 bits per heavy atom. The molecule has 148 valence electrons. The molecule has 0 amide bonds. The van der Waals surface area contributed by atoms with Crippen molar-refractivity contribution < 1.29 is 19.8 Å². The maximum Gasteiger partial charge on any atom is 0.156 e. The molecule has 0 spiro atoms. The van der Waals surface area contributed by atoms with Crippen molar-refractivity contribution in [3.8, 4) is 0 Å². The number of carbonyl (C=O) groups excluding carboxylic acids is 1. The van der Waals surface area contributed by atoms with Gasteiger partial charge in [-0.1, -0.05) is 30.7 Å². The lowest BCUT2D eigenvalue weighted by Crippen LogP contribution is -2.53. The molecule has 0 aromatic heterocycles. The Morgan fingerprint density at radius 3 is 2.74 bits per heavy atom. The summed E-state index contributed by atoms with van der Waals surface area (Å²) < 4.78 is 0. The number of carboxylic acids is 1. The van der Waals surface area contributed by atoms with Crippen LogP contribution in [-0.2, 0) is 9.63 Å². The first kappa shape index (κ1) is 18.7.